The van der Waals surface area contributed by atoms with Crippen LogP contribution < -0.4 is 5.32 Å². The highest BCUT2D eigenvalue weighted by Crippen LogP contribution is 2.17. The molecule has 1 aliphatic rings. The van der Waals surface area contributed by atoms with E-state index in [4.69, 9.17) is 4.52 Å². The second-order valence-corrected chi connectivity index (χ2v) is 5.43. The summed E-state index contributed by atoms with van der Waals surface area (Å²) in [7, 11) is 0. The summed E-state index contributed by atoms with van der Waals surface area (Å²) in [5, 5.41) is 7.29. The van der Waals surface area contributed by atoms with Gasteiger partial charge in [0.2, 0.25) is 5.89 Å². The van der Waals surface area contributed by atoms with Gasteiger partial charge in [-0.05, 0) is 43.5 Å². The number of piperidine rings is 1. The Balaban J connectivity index is 1.64. The van der Waals surface area contributed by atoms with E-state index in [0.717, 1.165) is 38.4 Å². The summed E-state index contributed by atoms with van der Waals surface area (Å²) in [6, 6.07) is 3.49. The van der Waals surface area contributed by atoms with E-state index in [1.807, 2.05) is 0 Å². The van der Waals surface area contributed by atoms with E-state index in [-0.39, 0.29) is 6.42 Å². The van der Waals surface area contributed by atoms with Gasteiger partial charge in [-0.2, -0.15) is 4.98 Å². The summed E-state index contributed by atoms with van der Waals surface area (Å²) in [4.78, 5) is 4.30. The number of rotatable bonds is 4. The highest BCUT2D eigenvalue weighted by Gasteiger charge is 2.17. The zero-order valence-corrected chi connectivity index (χ0v) is 11.6. The summed E-state index contributed by atoms with van der Waals surface area (Å²) in [6.45, 7) is 2.04. The molecule has 1 unspecified atom stereocenters. The van der Waals surface area contributed by atoms with Crippen molar-refractivity contribution in [3.63, 3.8) is 0 Å². The van der Waals surface area contributed by atoms with Gasteiger partial charge in [-0.1, -0.05) is 11.2 Å². The van der Waals surface area contributed by atoms with Gasteiger partial charge in [0.1, 0.15) is 11.6 Å². The van der Waals surface area contributed by atoms with E-state index in [9.17, 15) is 8.78 Å². The van der Waals surface area contributed by atoms with Crippen molar-refractivity contribution in [2.24, 2.45) is 5.92 Å². The minimum atomic E-state index is -0.591. The number of benzene rings is 1. The van der Waals surface area contributed by atoms with E-state index in [1.54, 1.807) is 0 Å². The summed E-state index contributed by atoms with van der Waals surface area (Å²) >= 11 is 0. The molecule has 2 aromatic rings. The Kier molecular flexibility index (Phi) is 4.24. The maximum atomic E-state index is 13.6. The number of aromatic nitrogens is 2. The second kappa shape index (κ2) is 6.30. The predicted octanol–water partition coefficient (Wildman–Crippen LogP) is 2.48. The third kappa shape index (κ3) is 3.64. The molecule has 1 saturated heterocycles. The van der Waals surface area contributed by atoms with Crippen LogP contribution in [0.3, 0.4) is 0 Å². The Labute approximate surface area is 121 Å². The fourth-order valence-electron chi connectivity index (χ4n) is 2.63. The Morgan fingerprint density at radius 1 is 1.33 bits per heavy atom. The zero-order valence-electron chi connectivity index (χ0n) is 11.6. The lowest BCUT2D eigenvalue weighted by Crippen LogP contribution is -2.31. The first kappa shape index (κ1) is 14.1. The third-order valence-electron chi connectivity index (χ3n) is 3.74. The fourth-order valence-corrected chi connectivity index (χ4v) is 2.63. The number of hydrogen-bond acceptors (Lipinski definition) is 4. The number of nitrogens with one attached hydrogen (secondary N) is 1. The van der Waals surface area contributed by atoms with Crippen LogP contribution in [0.5, 0.6) is 0 Å². The SMILES string of the molecule is Fc1ccc(Cc2nc(CC3CCCNC3)no2)c(F)c1. The molecule has 6 heteroatoms. The monoisotopic (exact) mass is 293 g/mol. The quantitative estimate of drug-likeness (QED) is 0.941. The number of nitrogens with zero attached hydrogens (tertiary/aromatic N) is 2. The fraction of sp³-hybridized carbons (Fsp3) is 0.467. The standard InChI is InChI=1S/C15H17F2N3O/c16-12-4-3-11(13(17)8-12)7-15-19-14(20-21-15)6-10-2-1-5-18-9-10/h3-4,8,10,18H,1-2,5-7,9H2. The highest BCUT2D eigenvalue weighted by molar-refractivity contribution is 5.21. The molecular formula is C15H17F2N3O. The molecule has 0 saturated carbocycles. The van der Waals surface area contributed by atoms with Gasteiger partial charge in [-0.3, -0.25) is 0 Å². The number of halogens is 2. The summed E-state index contributed by atoms with van der Waals surface area (Å²) in [5.74, 6) is 0.353. The molecule has 1 N–H and O–H groups in total. The molecule has 1 aromatic heterocycles. The average molecular weight is 293 g/mol. The molecule has 1 atom stereocenters. The first-order valence-electron chi connectivity index (χ1n) is 7.17. The van der Waals surface area contributed by atoms with Gasteiger partial charge in [-0.15, -0.1) is 0 Å². The van der Waals surface area contributed by atoms with Crippen LogP contribution >= 0.6 is 0 Å². The van der Waals surface area contributed by atoms with E-state index >= 15 is 0 Å². The molecule has 2 heterocycles. The zero-order chi connectivity index (χ0) is 14.7. The van der Waals surface area contributed by atoms with Crippen LogP contribution in [0.2, 0.25) is 0 Å². The van der Waals surface area contributed by atoms with Crippen molar-refractivity contribution < 1.29 is 13.3 Å². The van der Waals surface area contributed by atoms with Gasteiger partial charge < -0.3 is 9.84 Å². The summed E-state index contributed by atoms with van der Waals surface area (Å²) in [6.07, 6.45) is 3.27. The van der Waals surface area contributed by atoms with Crippen molar-refractivity contribution in [2.45, 2.75) is 25.7 Å². The van der Waals surface area contributed by atoms with Gasteiger partial charge >= 0.3 is 0 Å². The maximum absolute atomic E-state index is 13.6. The Bertz CT molecular complexity index is 609. The molecule has 4 nitrogen and oxygen atoms in total. The first-order chi connectivity index (χ1) is 10.2. The van der Waals surface area contributed by atoms with Crippen LogP contribution in [0.25, 0.3) is 0 Å². The molecule has 0 bridgehead atoms. The summed E-state index contributed by atoms with van der Waals surface area (Å²) < 4.78 is 31.6. The van der Waals surface area contributed by atoms with Crippen LogP contribution in [-0.4, -0.2) is 23.2 Å². The van der Waals surface area contributed by atoms with E-state index < -0.39 is 11.6 Å². The topological polar surface area (TPSA) is 51.0 Å². The Morgan fingerprint density at radius 3 is 3.00 bits per heavy atom. The van der Waals surface area contributed by atoms with Gasteiger partial charge in [0.15, 0.2) is 5.82 Å². The molecule has 0 aliphatic carbocycles. The van der Waals surface area contributed by atoms with Crippen molar-refractivity contribution in [1.29, 1.82) is 0 Å². The molecule has 1 aromatic carbocycles. The van der Waals surface area contributed by atoms with E-state index in [2.05, 4.69) is 15.5 Å². The minimum absolute atomic E-state index is 0.183. The van der Waals surface area contributed by atoms with Crippen LogP contribution in [0.15, 0.2) is 22.7 Å². The Hall–Kier alpha value is -1.82. The van der Waals surface area contributed by atoms with Gasteiger partial charge in [0.05, 0.1) is 6.42 Å². The largest absolute Gasteiger partial charge is 0.339 e. The molecule has 0 amide bonds. The van der Waals surface area contributed by atoms with Gasteiger partial charge in [0.25, 0.3) is 0 Å². The van der Waals surface area contributed by atoms with Crippen LogP contribution in [0, 0.1) is 17.6 Å². The number of hydrogen-bond donors (Lipinski definition) is 1. The van der Waals surface area contributed by atoms with Gasteiger partial charge in [0, 0.05) is 12.5 Å². The van der Waals surface area contributed by atoms with Crippen molar-refractivity contribution in [2.75, 3.05) is 13.1 Å². The van der Waals surface area contributed by atoms with Crippen molar-refractivity contribution in [3.05, 3.63) is 47.1 Å². The lowest BCUT2D eigenvalue weighted by molar-refractivity contribution is 0.351. The van der Waals surface area contributed by atoms with Crippen molar-refractivity contribution in [1.82, 2.24) is 15.5 Å². The van der Waals surface area contributed by atoms with Crippen LogP contribution in [0.4, 0.5) is 8.78 Å². The molecule has 21 heavy (non-hydrogen) atoms. The second-order valence-electron chi connectivity index (χ2n) is 5.43. The third-order valence-corrected chi connectivity index (χ3v) is 3.74. The molecule has 1 fully saturated rings. The molecule has 0 spiro atoms. The lowest BCUT2D eigenvalue weighted by atomic mass is 9.96. The van der Waals surface area contributed by atoms with E-state index in [0.29, 0.717) is 23.2 Å². The highest BCUT2D eigenvalue weighted by atomic mass is 19.1. The Morgan fingerprint density at radius 2 is 2.24 bits per heavy atom. The van der Waals surface area contributed by atoms with Crippen LogP contribution in [0.1, 0.15) is 30.1 Å². The predicted molar refractivity (Wildman–Crippen MR) is 72.8 cm³/mol. The van der Waals surface area contributed by atoms with Gasteiger partial charge in [-0.25, -0.2) is 8.78 Å². The lowest BCUT2D eigenvalue weighted by Gasteiger charge is -2.20. The van der Waals surface area contributed by atoms with Crippen molar-refractivity contribution >= 4 is 0 Å². The van der Waals surface area contributed by atoms with Crippen LogP contribution in [-0.2, 0) is 12.8 Å². The average Bonchev–Trinajstić information content (AvgIpc) is 2.90. The summed E-state index contributed by atoms with van der Waals surface area (Å²) in [5.41, 5.74) is 0.353. The molecule has 112 valence electrons. The minimum Gasteiger partial charge on any atom is -0.339 e. The molecular weight excluding hydrogens is 276 g/mol. The van der Waals surface area contributed by atoms with E-state index in [1.165, 1.54) is 12.1 Å². The molecule has 1 aliphatic heterocycles. The molecule has 0 radical (unpaired) electrons. The first-order valence-corrected chi connectivity index (χ1v) is 7.17. The normalized spacial score (nSPS) is 18.9. The molecule has 3 rings (SSSR count). The smallest absolute Gasteiger partial charge is 0.231 e. The van der Waals surface area contributed by atoms with Crippen molar-refractivity contribution in [3.8, 4) is 0 Å². The maximum Gasteiger partial charge on any atom is 0.231 e.